The highest BCUT2D eigenvalue weighted by molar-refractivity contribution is 5.89. The van der Waals surface area contributed by atoms with Gasteiger partial charge in [0.1, 0.15) is 5.75 Å². The molecule has 1 aliphatic rings. The highest BCUT2D eigenvalue weighted by atomic mass is 16.5. The SMILES string of the molecule is O[C@@H]1CCOc2c1ccc1ccccc21. The fourth-order valence-electron chi connectivity index (χ4n) is 2.11. The molecule has 3 rings (SSSR count). The largest absolute Gasteiger partial charge is 0.492 e. The van der Waals surface area contributed by atoms with Crippen molar-refractivity contribution < 1.29 is 9.84 Å². The van der Waals surface area contributed by atoms with E-state index in [4.69, 9.17) is 4.74 Å². The molecule has 1 aliphatic heterocycles. The van der Waals surface area contributed by atoms with Crippen molar-refractivity contribution in [1.82, 2.24) is 0 Å². The number of fused-ring (bicyclic) bond motifs is 3. The Bertz CT molecular complexity index is 505. The van der Waals surface area contributed by atoms with Gasteiger partial charge in [0.05, 0.1) is 12.7 Å². The molecule has 15 heavy (non-hydrogen) atoms. The van der Waals surface area contributed by atoms with Gasteiger partial charge >= 0.3 is 0 Å². The van der Waals surface area contributed by atoms with Crippen molar-refractivity contribution in [2.75, 3.05) is 6.61 Å². The van der Waals surface area contributed by atoms with Gasteiger partial charge in [-0.25, -0.2) is 0 Å². The first-order valence-corrected chi connectivity index (χ1v) is 5.19. The maximum atomic E-state index is 9.84. The second-order valence-electron chi connectivity index (χ2n) is 3.86. The summed E-state index contributed by atoms with van der Waals surface area (Å²) in [6.07, 6.45) is 0.309. The van der Waals surface area contributed by atoms with E-state index in [9.17, 15) is 5.11 Å². The summed E-state index contributed by atoms with van der Waals surface area (Å²) in [6.45, 7) is 0.599. The van der Waals surface area contributed by atoms with Crippen LogP contribution in [0.1, 0.15) is 18.1 Å². The van der Waals surface area contributed by atoms with Crippen molar-refractivity contribution in [3.63, 3.8) is 0 Å². The number of hydrogen-bond donors (Lipinski definition) is 1. The maximum Gasteiger partial charge on any atom is 0.132 e. The van der Waals surface area contributed by atoms with Crippen molar-refractivity contribution in [2.24, 2.45) is 0 Å². The molecule has 0 fully saturated rings. The Hall–Kier alpha value is -1.54. The molecule has 0 saturated heterocycles. The van der Waals surface area contributed by atoms with Crippen LogP contribution in [0.5, 0.6) is 5.75 Å². The summed E-state index contributed by atoms with van der Waals surface area (Å²) >= 11 is 0. The lowest BCUT2D eigenvalue weighted by molar-refractivity contribution is 0.116. The summed E-state index contributed by atoms with van der Waals surface area (Å²) in [4.78, 5) is 0. The molecule has 1 atom stereocenters. The first-order chi connectivity index (χ1) is 7.36. The van der Waals surface area contributed by atoms with Crippen LogP contribution < -0.4 is 4.74 Å². The lowest BCUT2D eigenvalue weighted by Crippen LogP contribution is -2.13. The van der Waals surface area contributed by atoms with Crippen LogP contribution in [-0.2, 0) is 0 Å². The fourth-order valence-corrected chi connectivity index (χ4v) is 2.11. The topological polar surface area (TPSA) is 29.5 Å². The molecular weight excluding hydrogens is 188 g/mol. The van der Waals surface area contributed by atoms with E-state index in [2.05, 4.69) is 6.07 Å². The van der Waals surface area contributed by atoms with Gasteiger partial charge in [-0.15, -0.1) is 0 Å². The van der Waals surface area contributed by atoms with Gasteiger partial charge in [0.15, 0.2) is 0 Å². The van der Waals surface area contributed by atoms with E-state index in [0.717, 1.165) is 22.1 Å². The van der Waals surface area contributed by atoms with Crippen molar-refractivity contribution in [3.05, 3.63) is 42.0 Å². The molecule has 0 saturated carbocycles. The van der Waals surface area contributed by atoms with Crippen molar-refractivity contribution in [2.45, 2.75) is 12.5 Å². The summed E-state index contributed by atoms with van der Waals surface area (Å²) in [5.74, 6) is 0.854. The van der Waals surface area contributed by atoms with E-state index in [1.165, 1.54) is 0 Å². The van der Waals surface area contributed by atoms with Gasteiger partial charge in [-0.05, 0) is 5.39 Å². The van der Waals surface area contributed by atoms with E-state index < -0.39 is 0 Å². The predicted molar refractivity (Wildman–Crippen MR) is 59.0 cm³/mol. The number of hydrogen-bond acceptors (Lipinski definition) is 2. The Kier molecular flexibility index (Phi) is 1.89. The van der Waals surface area contributed by atoms with Crippen LogP contribution >= 0.6 is 0 Å². The molecule has 2 aromatic carbocycles. The molecule has 2 heteroatoms. The Morgan fingerprint density at radius 1 is 1.13 bits per heavy atom. The van der Waals surface area contributed by atoms with Crippen LogP contribution in [0.25, 0.3) is 10.8 Å². The van der Waals surface area contributed by atoms with Crippen LogP contribution in [-0.4, -0.2) is 11.7 Å². The minimum atomic E-state index is -0.377. The summed E-state index contributed by atoms with van der Waals surface area (Å²) in [5.41, 5.74) is 0.917. The van der Waals surface area contributed by atoms with Crippen molar-refractivity contribution >= 4 is 10.8 Å². The van der Waals surface area contributed by atoms with Crippen LogP contribution in [0.15, 0.2) is 36.4 Å². The zero-order valence-corrected chi connectivity index (χ0v) is 8.31. The Morgan fingerprint density at radius 3 is 2.93 bits per heavy atom. The molecule has 76 valence electrons. The average molecular weight is 200 g/mol. The van der Waals surface area contributed by atoms with Gasteiger partial charge in [-0.3, -0.25) is 0 Å². The normalized spacial score (nSPS) is 19.7. The van der Waals surface area contributed by atoms with Gasteiger partial charge < -0.3 is 9.84 Å². The van der Waals surface area contributed by atoms with Gasteiger partial charge in [0.2, 0.25) is 0 Å². The third kappa shape index (κ3) is 1.29. The number of aliphatic hydroxyl groups is 1. The number of aliphatic hydroxyl groups excluding tert-OH is 1. The Labute approximate surface area is 88.1 Å². The predicted octanol–water partition coefficient (Wildman–Crippen LogP) is 2.66. The van der Waals surface area contributed by atoms with Crippen molar-refractivity contribution in [3.8, 4) is 5.75 Å². The smallest absolute Gasteiger partial charge is 0.132 e. The molecule has 0 amide bonds. The molecule has 0 unspecified atom stereocenters. The van der Waals surface area contributed by atoms with Crippen LogP contribution in [0.2, 0.25) is 0 Å². The average Bonchev–Trinajstić information content (AvgIpc) is 2.29. The Morgan fingerprint density at radius 2 is 2.00 bits per heavy atom. The monoisotopic (exact) mass is 200 g/mol. The zero-order valence-electron chi connectivity index (χ0n) is 8.31. The first kappa shape index (κ1) is 8.74. The number of ether oxygens (including phenoxy) is 1. The van der Waals surface area contributed by atoms with E-state index in [1.807, 2.05) is 30.3 Å². The molecule has 0 bridgehead atoms. The Balaban J connectivity index is 2.33. The fraction of sp³-hybridized carbons (Fsp3) is 0.231. The number of benzene rings is 2. The standard InChI is InChI=1S/C13H12O2/c14-12-7-8-15-13-10-4-2-1-3-9(10)5-6-11(12)13/h1-6,12,14H,7-8H2/t12-/m1/s1. The quantitative estimate of drug-likeness (QED) is 0.708. The van der Waals surface area contributed by atoms with E-state index in [-0.39, 0.29) is 6.10 Å². The van der Waals surface area contributed by atoms with E-state index in [1.54, 1.807) is 0 Å². The van der Waals surface area contributed by atoms with Crippen LogP contribution in [0.4, 0.5) is 0 Å². The van der Waals surface area contributed by atoms with Gasteiger partial charge in [0, 0.05) is 17.4 Å². The molecule has 0 spiro atoms. The molecule has 0 aromatic heterocycles. The summed E-state index contributed by atoms with van der Waals surface area (Å²) in [5, 5.41) is 12.1. The van der Waals surface area contributed by atoms with Gasteiger partial charge in [0.25, 0.3) is 0 Å². The van der Waals surface area contributed by atoms with Crippen LogP contribution in [0.3, 0.4) is 0 Å². The lowest BCUT2D eigenvalue weighted by Gasteiger charge is -2.23. The van der Waals surface area contributed by atoms with Gasteiger partial charge in [-0.2, -0.15) is 0 Å². The second-order valence-corrected chi connectivity index (χ2v) is 3.86. The maximum absolute atomic E-state index is 9.84. The molecule has 2 nitrogen and oxygen atoms in total. The van der Waals surface area contributed by atoms with Crippen molar-refractivity contribution in [1.29, 1.82) is 0 Å². The lowest BCUT2D eigenvalue weighted by atomic mass is 9.98. The third-order valence-corrected chi connectivity index (χ3v) is 2.91. The van der Waals surface area contributed by atoms with E-state index >= 15 is 0 Å². The van der Waals surface area contributed by atoms with E-state index in [0.29, 0.717) is 13.0 Å². The minimum absolute atomic E-state index is 0.377. The summed E-state index contributed by atoms with van der Waals surface area (Å²) < 4.78 is 5.65. The van der Waals surface area contributed by atoms with Gasteiger partial charge in [-0.1, -0.05) is 36.4 Å². The highest BCUT2D eigenvalue weighted by Crippen LogP contribution is 2.37. The molecule has 0 radical (unpaired) electrons. The third-order valence-electron chi connectivity index (χ3n) is 2.91. The molecule has 1 heterocycles. The minimum Gasteiger partial charge on any atom is -0.492 e. The molecular formula is C13H12O2. The van der Waals surface area contributed by atoms with Crippen LogP contribution in [0, 0.1) is 0 Å². The molecule has 0 aliphatic carbocycles. The summed E-state index contributed by atoms with van der Waals surface area (Å²) in [6, 6.07) is 12.1. The highest BCUT2D eigenvalue weighted by Gasteiger charge is 2.20. The molecule has 1 N–H and O–H groups in total. The second kappa shape index (κ2) is 3.24. The number of rotatable bonds is 0. The zero-order chi connectivity index (χ0) is 10.3. The first-order valence-electron chi connectivity index (χ1n) is 5.19. The summed E-state index contributed by atoms with van der Waals surface area (Å²) in [7, 11) is 0. The molecule has 2 aromatic rings.